The van der Waals surface area contributed by atoms with Crippen LogP contribution in [0.4, 0.5) is 15.8 Å². The molecule has 8 nitrogen and oxygen atoms in total. The second-order valence-electron chi connectivity index (χ2n) is 8.18. The lowest BCUT2D eigenvalue weighted by atomic mass is 9.98. The van der Waals surface area contributed by atoms with Crippen LogP contribution in [0.5, 0.6) is 5.75 Å². The van der Waals surface area contributed by atoms with Gasteiger partial charge in [0.15, 0.2) is 0 Å². The van der Waals surface area contributed by atoms with Crippen molar-refractivity contribution in [3.8, 4) is 16.9 Å². The number of anilines is 2. The van der Waals surface area contributed by atoms with Gasteiger partial charge in [0.25, 0.3) is 0 Å². The molecule has 0 bridgehead atoms. The van der Waals surface area contributed by atoms with Crippen molar-refractivity contribution in [3.63, 3.8) is 0 Å². The van der Waals surface area contributed by atoms with Crippen LogP contribution in [0, 0.1) is 5.82 Å². The number of nitrogens with zero attached hydrogens (tertiary/aromatic N) is 2. The number of hydrogen-bond acceptors (Lipinski definition) is 7. The number of fused-ring (bicyclic) bond motifs is 3. The first-order chi connectivity index (χ1) is 17.0. The maximum Gasteiger partial charge on any atom is 0.343 e. The summed E-state index contributed by atoms with van der Waals surface area (Å²) in [4.78, 5) is 15.1. The van der Waals surface area contributed by atoms with Crippen LogP contribution in [0.25, 0.3) is 17.2 Å². The minimum Gasteiger partial charge on any atom is -0.484 e. The van der Waals surface area contributed by atoms with Crippen molar-refractivity contribution >= 4 is 34.3 Å². The fourth-order valence-electron chi connectivity index (χ4n) is 4.29. The zero-order chi connectivity index (χ0) is 24.5. The van der Waals surface area contributed by atoms with Crippen LogP contribution in [0.15, 0.2) is 53.2 Å². The normalized spacial score (nSPS) is 14.8. The average Bonchev–Trinajstić information content (AvgIpc) is 3.30. The Balaban J connectivity index is 1.65. The molecule has 2 aliphatic heterocycles. The number of methoxy groups -OCH3 is 1. The van der Waals surface area contributed by atoms with Crippen LogP contribution in [0.2, 0.25) is 0 Å². The first-order valence-electron chi connectivity index (χ1n) is 11.1. The molecule has 0 saturated carbocycles. The van der Waals surface area contributed by atoms with E-state index in [1.807, 2.05) is 6.08 Å². The van der Waals surface area contributed by atoms with E-state index in [1.165, 1.54) is 37.6 Å². The number of halogens is 1. The molecule has 1 fully saturated rings. The number of ether oxygens (including phenoxy) is 2. The van der Waals surface area contributed by atoms with Crippen LogP contribution in [0.1, 0.15) is 28.1 Å². The standard InChI is InChI=1S/C25H23FN2O6S/c1-32-25(29)23-21(8-6-19-18-9-13-33-22(18)15-34-24(19)23)28(35(30)31)20-7-5-17(26)14-16(20)4-2-10-27-11-3-12-27/h2,4-9,13-14,35H,3,10-12,15H2,1H3. The maximum absolute atomic E-state index is 14.2. The fourth-order valence-corrected chi connectivity index (χ4v) is 4.99. The summed E-state index contributed by atoms with van der Waals surface area (Å²) in [6.45, 7) is 2.74. The molecule has 0 N–H and O–H groups in total. The summed E-state index contributed by atoms with van der Waals surface area (Å²) in [6.07, 6.45) is 6.21. The molecule has 0 spiro atoms. The fraction of sp³-hybridized carbons (Fsp3) is 0.240. The minimum atomic E-state index is -3.28. The Kier molecular flexibility index (Phi) is 6.31. The lowest BCUT2D eigenvalue weighted by molar-refractivity contribution is 0.0596. The predicted octanol–water partition coefficient (Wildman–Crippen LogP) is 4.15. The summed E-state index contributed by atoms with van der Waals surface area (Å²) >= 11 is 0. The molecule has 0 atom stereocenters. The predicted molar refractivity (Wildman–Crippen MR) is 129 cm³/mol. The third-order valence-corrected chi connectivity index (χ3v) is 6.88. The van der Waals surface area contributed by atoms with Gasteiger partial charge in [0.1, 0.15) is 29.5 Å². The van der Waals surface area contributed by atoms with Gasteiger partial charge in [0, 0.05) is 23.2 Å². The largest absolute Gasteiger partial charge is 0.484 e. The number of carbonyl (C=O) groups excluding carboxylic acids is 1. The number of likely N-dealkylation sites (tertiary alicyclic amines) is 1. The van der Waals surface area contributed by atoms with Gasteiger partial charge in [-0.05, 0) is 55.9 Å². The highest BCUT2D eigenvalue weighted by Crippen LogP contribution is 2.46. The Labute approximate surface area is 203 Å². The molecule has 0 amide bonds. The molecular weight excluding hydrogens is 475 g/mol. The second-order valence-corrected chi connectivity index (χ2v) is 9.06. The highest BCUT2D eigenvalue weighted by Gasteiger charge is 2.31. The molecule has 3 heterocycles. The molecule has 182 valence electrons. The Bertz CT molecular complexity index is 1380. The lowest BCUT2D eigenvalue weighted by Crippen LogP contribution is -2.36. The average molecular weight is 499 g/mol. The SMILES string of the molecule is COC(=O)c1c(N(c2ccc(F)cc2C=CCN2CCC2)[SH](=O)=O)ccc2c1OCc1occc1-2. The Morgan fingerprint density at radius 2 is 1.97 bits per heavy atom. The van der Waals surface area contributed by atoms with Gasteiger partial charge in [-0.25, -0.2) is 21.9 Å². The molecular formula is C25H23FN2O6S. The minimum absolute atomic E-state index is 0.0441. The molecule has 10 heteroatoms. The van der Waals surface area contributed by atoms with Crippen molar-refractivity contribution in [1.82, 2.24) is 4.90 Å². The number of hydrogen-bond donors (Lipinski definition) is 1. The van der Waals surface area contributed by atoms with Gasteiger partial charge in [-0.15, -0.1) is 0 Å². The molecule has 0 unspecified atom stereocenters. The molecule has 35 heavy (non-hydrogen) atoms. The summed E-state index contributed by atoms with van der Waals surface area (Å²) in [5, 5.41) is 0. The van der Waals surface area contributed by atoms with E-state index >= 15 is 0 Å². The zero-order valence-electron chi connectivity index (χ0n) is 18.9. The van der Waals surface area contributed by atoms with E-state index in [-0.39, 0.29) is 29.3 Å². The Morgan fingerprint density at radius 3 is 2.69 bits per heavy atom. The van der Waals surface area contributed by atoms with E-state index in [0.29, 0.717) is 23.4 Å². The summed E-state index contributed by atoms with van der Waals surface area (Å²) in [7, 11) is -2.07. The summed E-state index contributed by atoms with van der Waals surface area (Å²) in [6, 6.07) is 8.75. The van der Waals surface area contributed by atoms with Crippen molar-refractivity contribution in [2.45, 2.75) is 13.0 Å². The number of carbonyl (C=O) groups is 1. The first-order valence-corrected chi connectivity index (χ1v) is 12.2. The van der Waals surface area contributed by atoms with Gasteiger partial charge in [-0.2, -0.15) is 0 Å². The zero-order valence-corrected chi connectivity index (χ0v) is 19.8. The first kappa shape index (κ1) is 23.1. The molecule has 3 aromatic rings. The second kappa shape index (κ2) is 9.55. The van der Waals surface area contributed by atoms with Crippen molar-refractivity contribution in [1.29, 1.82) is 0 Å². The van der Waals surface area contributed by atoms with E-state index in [2.05, 4.69) is 4.90 Å². The molecule has 1 aromatic heterocycles. The highest BCUT2D eigenvalue weighted by atomic mass is 32.2. The van der Waals surface area contributed by atoms with Crippen LogP contribution in [-0.4, -0.2) is 46.0 Å². The van der Waals surface area contributed by atoms with E-state index in [9.17, 15) is 17.6 Å². The van der Waals surface area contributed by atoms with Crippen LogP contribution in [0.3, 0.4) is 0 Å². The maximum atomic E-state index is 14.2. The van der Waals surface area contributed by atoms with E-state index < -0.39 is 22.7 Å². The molecule has 1 saturated heterocycles. The van der Waals surface area contributed by atoms with Crippen molar-refractivity contribution < 1.29 is 31.5 Å². The molecule has 5 rings (SSSR count). The summed E-state index contributed by atoms with van der Waals surface area (Å²) in [5.41, 5.74) is 1.89. The monoisotopic (exact) mass is 498 g/mol. The smallest absolute Gasteiger partial charge is 0.343 e. The topological polar surface area (TPSA) is 89.3 Å². The molecule has 0 radical (unpaired) electrons. The van der Waals surface area contributed by atoms with Crippen LogP contribution < -0.4 is 9.04 Å². The van der Waals surface area contributed by atoms with Crippen LogP contribution in [-0.2, 0) is 22.2 Å². The Morgan fingerprint density at radius 1 is 1.17 bits per heavy atom. The lowest BCUT2D eigenvalue weighted by Gasteiger charge is -2.29. The van der Waals surface area contributed by atoms with E-state index in [0.717, 1.165) is 29.4 Å². The number of esters is 1. The third-order valence-electron chi connectivity index (χ3n) is 6.13. The van der Waals surface area contributed by atoms with E-state index in [4.69, 9.17) is 13.9 Å². The number of rotatable bonds is 7. The molecule has 0 aliphatic carbocycles. The van der Waals surface area contributed by atoms with E-state index in [1.54, 1.807) is 18.2 Å². The number of benzene rings is 2. The van der Waals surface area contributed by atoms with Gasteiger partial charge >= 0.3 is 5.97 Å². The van der Waals surface area contributed by atoms with Gasteiger partial charge in [-0.3, -0.25) is 4.90 Å². The van der Waals surface area contributed by atoms with Gasteiger partial charge in [0.05, 0.1) is 24.7 Å². The van der Waals surface area contributed by atoms with Gasteiger partial charge in [-0.1, -0.05) is 12.2 Å². The highest BCUT2D eigenvalue weighted by molar-refractivity contribution is 7.74. The van der Waals surface area contributed by atoms with Crippen molar-refractivity contribution in [2.75, 3.05) is 31.0 Å². The molecule has 2 aromatic carbocycles. The Hall–Kier alpha value is -3.63. The quantitative estimate of drug-likeness (QED) is 0.387. The van der Waals surface area contributed by atoms with Crippen LogP contribution >= 0.6 is 0 Å². The van der Waals surface area contributed by atoms with Crippen molar-refractivity contribution in [3.05, 3.63) is 71.4 Å². The van der Waals surface area contributed by atoms with Crippen molar-refractivity contribution in [2.24, 2.45) is 0 Å². The van der Waals surface area contributed by atoms with Gasteiger partial charge in [0.2, 0.25) is 10.9 Å². The molecule has 2 aliphatic rings. The number of thiol groups is 1. The van der Waals surface area contributed by atoms with Gasteiger partial charge < -0.3 is 13.9 Å². The summed E-state index contributed by atoms with van der Waals surface area (Å²) in [5.74, 6) is -0.474. The number of furan rings is 1. The third kappa shape index (κ3) is 4.30. The summed E-state index contributed by atoms with van der Waals surface area (Å²) < 4.78 is 56.6.